The molecule has 1 aliphatic heterocycles. The number of anilines is 3. The Labute approximate surface area is 326 Å². The second-order valence-corrected chi connectivity index (χ2v) is 17.2. The fraction of sp³-hybridized carbons (Fsp3) is 0.256. The van der Waals surface area contributed by atoms with Crippen LogP contribution >= 0.6 is 11.6 Å². The molecule has 1 saturated heterocycles. The zero-order chi connectivity index (χ0) is 40.6. The number of benzene rings is 4. The molecular formula is C39H37ClF4N4O6S2. The summed E-state index contributed by atoms with van der Waals surface area (Å²) < 4.78 is 107. The summed E-state index contributed by atoms with van der Waals surface area (Å²) in [6.07, 6.45) is 1.81. The van der Waals surface area contributed by atoms with Crippen LogP contribution in [0.3, 0.4) is 0 Å². The lowest BCUT2D eigenvalue weighted by atomic mass is 9.96. The molecule has 10 nitrogen and oxygen atoms in total. The Morgan fingerprint density at radius 2 is 1.46 bits per heavy atom. The predicted octanol–water partition coefficient (Wildman–Crippen LogP) is 8.84. The summed E-state index contributed by atoms with van der Waals surface area (Å²) in [5, 5.41) is 11.0. The number of halogens is 5. The van der Waals surface area contributed by atoms with Gasteiger partial charge in [-0.25, -0.2) is 26.0 Å². The number of carboxylic acids is 1. The summed E-state index contributed by atoms with van der Waals surface area (Å²) in [6.45, 7) is 6.97. The van der Waals surface area contributed by atoms with Gasteiger partial charge >= 0.3 is 11.5 Å². The summed E-state index contributed by atoms with van der Waals surface area (Å²) in [5.41, 5.74) is -0.112. The van der Waals surface area contributed by atoms with Gasteiger partial charge in [0.05, 0.1) is 16.2 Å². The maximum Gasteiger partial charge on any atom is 0.502 e. The lowest BCUT2D eigenvalue weighted by Crippen LogP contribution is -2.46. The molecule has 2 heterocycles. The summed E-state index contributed by atoms with van der Waals surface area (Å²) in [5.74, 6) is -2.75. The molecule has 1 aromatic heterocycles. The molecule has 0 bridgehead atoms. The molecule has 0 spiro atoms. The van der Waals surface area contributed by atoms with Crippen molar-refractivity contribution in [3.63, 3.8) is 0 Å². The summed E-state index contributed by atoms with van der Waals surface area (Å²) in [4.78, 5) is 14.4. The van der Waals surface area contributed by atoms with Crippen LogP contribution in [-0.2, 0) is 26.4 Å². The van der Waals surface area contributed by atoms with E-state index >= 15 is 0 Å². The van der Waals surface area contributed by atoms with E-state index in [0.717, 1.165) is 41.0 Å². The number of piperazine rings is 1. The molecule has 0 unspecified atom stereocenters. The largest absolute Gasteiger partial charge is 0.502 e. The molecule has 17 heteroatoms. The van der Waals surface area contributed by atoms with Crippen molar-refractivity contribution in [2.75, 3.05) is 40.7 Å². The fourth-order valence-electron chi connectivity index (χ4n) is 6.80. The SMILES string of the molecule is CCCCn1c(C)c(C(=O)O)c(-c2cccc(N3CCN(c4ccc(NS(=O)(=O)c5ccc(F)c(S(=O)(=O)C(F)(F)F)c5)cc4)CC3)c2)c1-c1ccc(Cl)cc1. The van der Waals surface area contributed by atoms with Crippen LogP contribution in [0.4, 0.5) is 34.6 Å². The molecule has 296 valence electrons. The summed E-state index contributed by atoms with van der Waals surface area (Å²) in [7, 11) is -10.7. The van der Waals surface area contributed by atoms with Crippen molar-refractivity contribution in [3.8, 4) is 22.4 Å². The lowest BCUT2D eigenvalue weighted by molar-refractivity contribution is -0.0438. The number of carboxylic acid groups (broad SMARTS) is 1. The van der Waals surface area contributed by atoms with Gasteiger partial charge in [-0.3, -0.25) is 4.72 Å². The van der Waals surface area contributed by atoms with Gasteiger partial charge in [-0.2, -0.15) is 13.2 Å². The van der Waals surface area contributed by atoms with Crippen LogP contribution in [0.2, 0.25) is 5.02 Å². The molecule has 2 N–H and O–H groups in total. The van der Waals surface area contributed by atoms with Crippen molar-refractivity contribution < 1.29 is 44.3 Å². The van der Waals surface area contributed by atoms with Crippen molar-refractivity contribution in [3.05, 3.63) is 113 Å². The van der Waals surface area contributed by atoms with Crippen molar-refractivity contribution >= 4 is 54.5 Å². The van der Waals surface area contributed by atoms with Gasteiger partial charge in [0, 0.05) is 66.1 Å². The number of aromatic carboxylic acids is 1. The predicted molar refractivity (Wildman–Crippen MR) is 208 cm³/mol. The van der Waals surface area contributed by atoms with Crippen molar-refractivity contribution in [1.29, 1.82) is 0 Å². The number of hydrogen-bond acceptors (Lipinski definition) is 7. The number of nitrogens with one attached hydrogen (secondary N) is 1. The molecule has 5 aromatic rings. The molecule has 0 atom stereocenters. The number of carbonyl (C=O) groups is 1. The van der Waals surface area contributed by atoms with E-state index in [4.69, 9.17) is 11.6 Å². The van der Waals surface area contributed by atoms with Gasteiger partial charge in [0.2, 0.25) is 0 Å². The molecule has 1 fully saturated rings. The first-order chi connectivity index (χ1) is 26.4. The van der Waals surface area contributed by atoms with Crippen LogP contribution in [0.25, 0.3) is 22.4 Å². The second kappa shape index (κ2) is 15.8. The molecule has 6 rings (SSSR count). The van der Waals surface area contributed by atoms with Crippen LogP contribution < -0.4 is 14.5 Å². The molecule has 0 radical (unpaired) electrons. The highest BCUT2D eigenvalue weighted by molar-refractivity contribution is 7.93. The van der Waals surface area contributed by atoms with Gasteiger partial charge in [0.15, 0.2) is 0 Å². The van der Waals surface area contributed by atoms with Gasteiger partial charge in [-0.1, -0.05) is 49.2 Å². The number of aromatic nitrogens is 1. The van der Waals surface area contributed by atoms with Crippen LogP contribution in [0.5, 0.6) is 0 Å². The first kappa shape index (κ1) is 40.6. The maximum absolute atomic E-state index is 14.1. The first-order valence-electron chi connectivity index (χ1n) is 17.5. The van der Waals surface area contributed by atoms with E-state index in [1.807, 2.05) is 43.3 Å². The summed E-state index contributed by atoms with van der Waals surface area (Å²) >= 11 is 6.22. The molecule has 0 amide bonds. The Hall–Kier alpha value is -5.06. The van der Waals surface area contributed by atoms with Gasteiger partial charge in [0.25, 0.3) is 19.9 Å². The quantitative estimate of drug-likeness (QED) is 0.119. The van der Waals surface area contributed by atoms with E-state index in [-0.39, 0.29) is 17.3 Å². The van der Waals surface area contributed by atoms with E-state index in [9.17, 15) is 44.3 Å². The molecule has 4 aromatic carbocycles. The van der Waals surface area contributed by atoms with Crippen LogP contribution in [0, 0.1) is 12.7 Å². The van der Waals surface area contributed by atoms with E-state index < -0.39 is 46.9 Å². The zero-order valence-electron chi connectivity index (χ0n) is 30.1. The van der Waals surface area contributed by atoms with Crippen LogP contribution in [-0.4, -0.2) is 64.2 Å². The van der Waals surface area contributed by atoms with Gasteiger partial charge in [-0.15, -0.1) is 0 Å². The van der Waals surface area contributed by atoms with Gasteiger partial charge in [-0.05, 0) is 91.2 Å². The minimum atomic E-state index is -6.14. The van der Waals surface area contributed by atoms with Gasteiger partial charge in [0.1, 0.15) is 10.7 Å². The molecule has 1 aliphatic rings. The number of unbranched alkanes of at least 4 members (excludes halogenated alkanes) is 1. The number of nitrogens with zero attached hydrogens (tertiary/aromatic N) is 3. The van der Waals surface area contributed by atoms with Crippen molar-refractivity contribution in [2.24, 2.45) is 0 Å². The van der Waals surface area contributed by atoms with Crippen LogP contribution in [0.1, 0.15) is 35.8 Å². The van der Waals surface area contributed by atoms with E-state index in [1.54, 1.807) is 24.3 Å². The number of hydrogen-bond donors (Lipinski definition) is 2. The maximum atomic E-state index is 14.1. The summed E-state index contributed by atoms with van der Waals surface area (Å²) in [6, 6.07) is 22.6. The van der Waals surface area contributed by atoms with Gasteiger partial charge < -0.3 is 19.5 Å². The zero-order valence-corrected chi connectivity index (χ0v) is 32.5. The third-order valence-corrected chi connectivity index (χ3v) is 12.8. The minimum absolute atomic E-state index is 0.0474. The fourth-order valence-corrected chi connectivity index (χ4v) is 8.94. The lowest BCUT2D eigenvalue weighted by Gasteiger charge is -2.37. The van der Waals surface area contributed by atoms with Crippen molar-refractivity contribution in [1.82, 2.24) is 4.57 Å². The van der Waals surface area contributed by atoms with E-state index in [0.29, 0.717) is 61.1 Å². The Morgan fingerprint density at radius 3 is 2.05 bits per heavy atom. The highest BCUT2D eigenvalue weighted by Crippen LogP contribution is 2.41. The molecular weight excluding hydrogens is 796 g/mol. The highest BCUT2D eigenvalue weighted by Gasteiger charge is 2.48. The standard InChI is InChI=1S/C39H37ClF4N4O6S2/c1-3-4-18-48-25(2)35(38(49)50)36(37(48)26-8-10-28(40)11-9-26)27-6-5-7-31(23-27)47-21-19-46(20-22-47)30-14-12-29(13-15-30)45-56(53,54)32-16-17-33(41)34(24-32)55(51,52)39(42,43)44/h5-17,23-24,45H,3-4,18-22H2,1-2H3,(H,49,50). The highest BCUT2D eigenvalue weighted by atomic mass is 35.5. The first-order valence-corrected chi connectivity index (χ1v) is 20.8. The third-order valence-electron chi connectivity index (χ3n) is 9.66. The van der Waals surface area contributed by atoms with E-state index in [2.05, 4.69) is 26.0 Å². The number of alkyl halides is 3. The van der Waals surface area contributed by atoms with Crippen molar-refractivity contribution in [2.45, 2.75) is 48.5 Å². The molecule has 56 heavy (non-hydrogen) atoms. The Morgan fingerprint density at radius 1 is 0.839 bits per heavy atom. The number of sulfone groups is 1. The second-order valence-electron chi connectivity index (χ2n) is 13.2. The topological polar surface area (TPSA) is 129 Å². The third kappa shape index (κ3) is 8.09. The Balaban J connectivity index is 1.19. The molecule has 0 aliphatic carbocycles. The average molecular weight is 833 g/mol. The Bertz CT molecular complexity index is 2480. The number of sulfonamides is 1. The number of rotatable bonds is 12. The minimum Gasteiger partial charge on any atom is -0.478 e. The smallest absolute Gasteiger partial charge is 0.478 e. The monoisotopic (exact) mass is 832 g/mol. The molecule has 0 saturated carbocycles. The van der Waals surface area contributed by atoms with E-state index in [1.165, 1.54) is 12.1 Å². The normalized spacial score (nSPS) is 13.9. The average Bonchev–Trinajstić information content (AvgIpc) is 3.45. The van der Waals surface area contributed by atoms with Crippen LogP contribution in [0.15, 0.2) is 101 Å². The Kier molecular flexibility index (Phi) is 11.5.